The summed E-state index contributed by atoms with van der Waals surface area (Å²) in [5.41, 5.74) is 2.56. The molecule has 0 N–H and O–H groups in total. The van der Waals surface area contributed by atoms with E-state index in [1.165, 1.54) is 7.11 Å². The zero-order valence-corrected chi connectivity index (χ0v) is 14.4. The number of amides is 1. The van der Waals surface area contributed by atoms with Gasteiger partial charge in [-0.05, 0) is 42.3 Å². The molecule has 1 unspecified atom stereocenters. The lowest BCUT2D eigenvalue weighted by Crippen LogP contribution is -2.29. The number of ether oxygens (including phenoxy) is 2. The van der Waals surface area contributed by atoms with E-state index in [9.17, 15) is 9.59 Å². The third-order valence-electron chi connectivity index (χ3n) is 4.56. The van der Waals surface area contributed by atoms with E-state index in [0.717, 1.165) is 17.0 Å². The summed E-state index contributed by atoms with van der Waals surface area (Å²) in [7, 11) is 3.01. The van der Waals surface area contributed by atoms with E-state index in [0.29, 0.717) is 24.9 Å². The lowest BCUT2D eigenvalue weighted by atomic mass is 9.96. The van der Waals surface area contributed by atoms with Crippen LogP contribution in [0.15, 0.2) is 48.5 Å². The Bertz CT molecular complexity index is 773. The number of nitrogens with zero attached hydrogens (tertiary/aromatic N) is 1. The van der Waals surface area contributed by atoms with Crippen molar-refractivity contribution in [1.82, 2.24) is 0 Å². The van der Waals surface area contributed by atoms with Gasteiger partial charge in [0, 0.05) is 30.1 Å². The SMILES string of the molecule is COC(=O)CCC1CN(C(=O)c2ccccc2)c2ccc(OC)cc21. The van der Waals surface area contributed by atoms with Crippen LogP contribution in [0.1, 0.15) is 34.7 Å². The lowest BCUT2D eigenvalue weighted by molar-refractivity contribution is -0.140. The predicted octanol–water partition coefficient (Wildman–Crippen LogP) is 3.39. The van der Waals surface area contributed by atoms with Crippen molar-refractivity contribution >= 4 is 17.6 Å². The van der Waals surface area contributed by atoms with E-state index in [1.807, 2.05) is 48.5 Å². The van der Waals surface area contributed by atoms with Gasteiger partial charge in [0.05, 0.1) is 14.2 Å². The third kappa shape index (κ3) is 3.50. The first-order valence-corrected chi connectivity index (χ1v) is 8.25. The average molecular weight is 339 g/mol. The highest BCUT2D eigenvalue weighted by molar-refractivity contribution is 6.07. The minimum absolute atomic E-state index is 0.0346. The summed E-state index contributed by atoms with van der Waals surface area (Å²) in [6, 6.07) is 14.9. The minimum Gasteiger partial charge on any atom is -0.497 e. The molecule has 0 saturated heterocycles. The number of fused-ring (bicyclic) bond motifs is 1. The molecule has 2 aromatic rings. The van der Waals surface area contributed by atoms with Crippen LogP contribution in [0, 0.1) is 0 Å². The van der Waals surface area contributed by atoms with E-state index in [1.54, 1.807) is 12.0 Å². The van der Waals surface area contributed by atoms with Crippen molar-refractivity contribution in [2.24, 2.45) is 0 Å². The molecule has 0 spiro atoms. The zero-order valence-electron chi connectivity index (χ0n) is 14.4. The third-order valence-corrected chi connectivity index (χ3v) is 4.56. The number of hydrogen-bond donors (Lipinski definition) is 0. The molecule has 1 aliphatic rings. The molecule has 0 fully saturated rings. The normalized spacial score (nSPS) is 15.6. The lowest BCUT2D eigenvalue weighted by Gasteiger charge is -2.18. The Morgan fingerprint density at radius 2 is 1.88 bits per heavy atom. The number of hydrogen-bond acceptors (Lipinski definition) is 4. The fourth-order valence-corrected chi connectivity index (χ4v) is 3.22. The van der Waals surface area contributed by atoms with Crippen LogP contribution in [0.4, 0.5) is 5.69 Å². The Morgan fingerprint density at radius 3 is 2.56 bits per heavy atom. The minimum atomic E-state index is -0.239. The van der Waals surface area contributed by atoms with Crippen LogP contribution in [0.25, 0.3) is 0 Å². The number of anilines is 1. The molecule has 0 saturated carbocycles. The quantitative estimate of drug-likeness (QED) is 0.784. The van der Waals surface area contributed by atoms with Gasteiger partial charge in [0.15, 0.2) is 0 Å². The van der Waals surface area contributed by atoms with Crippen LogP contribution < -0.4 is 9.64 Å². The van der Waals surface area contributed by atoms with Crippen LogP contribution in [0.5, 0.6) is 5.75 Å². The summed E-state index contributed by atoms with van der Waals surface area (Å²) in [6.07, 6.45) is 0.955. The van der Waals surface area contributed by atoms with Crippen molar-refractivity contribution in [3.8, 4) is 5.75 Å². The molecule has 0 radical (unpaired) electrons. The zero-order chi connectivity index (χ0) is 17.8. The first-order chi connectivity index (χ1) is 12.1. The van der Waals surface area contributed by atoms with Gasteiger partial charge < -0.3 is 14.4 Å². The van der Waals surface area contributed by atoms with Crippen molar-refractivity contribution in [1.29, 1.82) is 0 Å². The van der Waals surface area contributed by atoms with Crippen LogP contribution in [-0.4, -0.2) is 32.6 Å². The number of benzene rings is 2. The van der Waals surface area contributed by atoms with Crippen molar-refractivity contribution in [2.75, 3.05) is 25.7 Å². The Balaban J connectivity index is 1.89. The Kier molecular flexibility index (Phi) is 5.03. The van der Waals surface area contributed by atoms with Gasteiger partial charge >= 0.3 is 5.97 Å². The first-order valence-electron chi connectivity index (χ1n) is 8.25. The second-order valence-electron chi connectivity index (χ2n) is 6.02. The number of carbonyl (C=O) groups is 2. The fourth-order valence-electron chi connectivity index (χ4n) is 3.22. The maximum atomic E-state index is 12.9. The van der Waals surface area contributed by atoms with E-state index in [4.69, 9.17) is 9.47 Å². The molecule has 0 aliphatic carbocycles. The number of esters is 1. The largest absolute Gasteiger partial charge is 0.497 e. The first kappa shape index (κ1) is 17.0. The van der Waals surface area contributed by atoms with Gasteiger partial charge in [-0.1, -0.05) is 18.2 Å². The van der Waals surface area contributed by atoms with E-state index in [-0.39, 0.29) is 17.8 Å². The average Bonchev–Trinajstić information content (AvgIpc) is 3.03. The van der Waals surface area contributed by atoms with Crippen molar-refractivity contribution in [3.05, 3.63) is 59.7 Å². The summed E-state index contributed by atoms with van der Waals surface area (Å²) >= 11 is 0. The molecule has 1 aliphatic heterocycles. The standard InChI is InChI=1S/C20H21NO4/c1-24-16-9-10-18-17(12-16)15(8-11-19(22)25-2)13-21(18)20(23)14-6-4-3-5-7-14/h3-7,9-10,12,15H,8,11,13H2,1-2H3. The molecule has 1 heterocycles. The van der Waals surface area contributed by atoms with Crippen LogP contribution in [-0.2, 0) is 9.53 Å². The van der Waals surface area contributed by atoms with Crippen molar-refractivity contribution in [2.45, 2.75) is 18.8 Å². The van der Waals surface area contributed by atoms with Crippen molar-refractivity contribution in [3.63, 3.8) is 0 Å². The molecular weight excluding hydrogens is 318 g/mol. The second kappa shape index (κ2) is 7.38. The van der Waals surface area contributed by atoms with Gasteiger partial charge in [-0.25, -0.2) is 0 Å². The topological polar surface area (TPSA) is 55.8 Å². The maximum absolute atomic E-state index is 12.9. The Labute approximate surface area is 147 Å². The van der Waals surface area contributed by atoms with Gasteiger partial charge in [-0.15, -0.1) is 0 Å². The van der Waals surface area contributed by atoms with Crippen molar-refractivity contribution < 1.29 is 19.1 Å². The van der Waals surface area contributed by atoms with E-state index in [2.05, 4.69) is 0 Å². The van der Waals surface area contributed by atoms with Crippen LogP contribution >= 0.6 is 0 Å². The Hall–Kier alpha value is -2.82. The molecule has 1 amide bonds. The Morgan fingerprint density at radius 1 is 1.12 bits per heavy atom. The highest BCUT2D eigenvalue weighted by atomic mass is 16.5. The molecule has 5 heteroatoms. The molecule has 130 valence electrons. The predicted molar refractivity (Wildman–Crippen MR) is 95.1 cm³/mol. The molecule has 25 heavy (non-hydrogen) atoms. The molecule has 0 aromatic heterocycles. The van der Waals surface area contributed by atoms with Gasteiger partial charge in [-0.2, -0.15) is 0 Å². The highest BCUT2D eigenvalue weighted by Gasteiger charge is 2.33. The second-order valence-corrected chi connectivity index (χ2v) is 6.02. The maximum Gasteiger partial charge on any atom is 0.305 e. The smallest absolute Gasteiger partial charge is 0.305 e. The molecule has 3 rings (SSSR count). The van der Waals surface area contributed by atoms with Gasteiger partial charge in [0.1, 0.15) is 5.75 Å². The van der Waals surface area contributed by atoms with Gasteiger partial charge in [0.25, 0.3) is 5.91 Å². The molecule has 5 nitrogen and oxygen atoms in total. The van der Waals surface area contributed by atoms with Gasteiger partial charge in [-0.3, -0.25) is 9.59 Å². The number of carbonyl (C=O) groups excluding carboxylic acids is 2. The molecular formula is C20H21NO4. The van der Waals surface area contributed by atoms with E-state index < -0.39 is 0 Å². The summed E-state index contributed by atoms with van der Waals surface area (Å²) in [5, 5.41) is 0. The van der Waals surface area contributed by atoms with Crippen LogP contribution in [0.3, 0.4) is 0 Å². The molecule has 0 bridgehead atoms. The fraction of sp³-hybridized carbons (Fsp3) is 0.300. The summed E-state index contributed by atoms with van der Waals surface area (Å²) in [4.78, 5) is 26.2. The number of rotatable bonds is 5. The summed E-state index contributed by atoms with van der Waals surface area (Å²) < 4.78 is 10.1. The van der Waals surface area contributed by atoms with E-state index >= 15 is 0 Å². The monoisotopic (exact) mass is 339 g/mol. The van der Waals surface area contributed by atoms with Gasteiger partial charge in [0.2, 0.25) is 0 Å². The highest BCUT2D eigenvalue weighted by Crippen LogP contribution is 2.41. The van der Waals surface area contributed by atoms with Crippen LogP contribution in [0.2, 0.25) is 0 Å². The summed E-state index contributed by atoms with van der Waals surface area (Å²) in [6.45, 7) is 0.549. The summed E-state index contributed by atoms with van der Waals surface area (Å²) in [5.74, 6) is 0.553. The molecule has 2 aromatic carbocycles. The number of methoxy groups -OCH3 is 2. The molecule has 1 atom stereocenters.